The molecule has 3 nitrogen and oxygen atoms in total. The van der Waals surface area contributed by atoms with Gasteiger partial charge in [-0.3, -0.25) is 4.79 Å². The van der Waals surface area contributed by atoms with E-state index in [2.05, 4.69) is 17.5 Å². The van der Waals surface area contributed by atoms with Crippen LogP contribution in [0.15, 0.2) is 35.4 Å². The van der Waals surface area contributed by atoms with Crippen LogP contribution < -0.4 is 5.43 Å². The first-order chi connectivity index (χ1) is 9.75. The molecule has 0 radical (unpaired) electrons. The molecule has 1 N–H and O–H groups in total. The molecule has 0 heterocycles. The third kappa shape index (κ3) is 2.49. The van der Waals surface area contributed by atoms with Crippen LogP contribution in [0.4, 0.5) is 0 Å². The van der Waals surface area contributed by atoms with Gasteiger partial charge < -0.3 is 0 Å². The number of hydrogen-bond donors (Lipinski definition) is 1. The zero-order valence-corrected chi connectivity index (χ0v) is 12.1. The normalized spacial score (nSPS) is 23.2. The van der Waals surface area contributed by atoms with Crippen molar-refractivity contribution >= 4 is 11.6 Å². The Morgan fingerprint density at radius 3 is 2.65 bits per heavy atom. The molecule has 2 fully saturated rings. The summed E-state index contributed by atoms with van der Waals surface area (Å²) in [6.07, 6.45) is 6.74. The lowest BCUT2D eigenvalue weighted by molar-refractivity contribution is -0.123. The lowest BCUT2D eigenvalue weighted by Gasteiger charge is -2.25. The number of nitrogens with one attached hydrogen (secondary N) is 1. The second-order valence-electron chi connectivity index (χ2n) is 6.12. The average Bonchev–Trinajstić information content (AvgIpc) is 3.20. The van der Waals surface area contributed by atoms with E-state index < -0.39 is 0 Å². The molecule has 1 atom stereocenters. The first kappa shape index (κ1) is 13.3. The third-order valence-corrected chi connectivity index (χ3v) is 4.75. The quantitative estimate of drug-likeness (QED) is 0.645. The highest BCUT2D eigenvalue weighted by atomic mass is 16.2. The maximum atomic E-state index is 12.1. The number of hydrazone groups is 1. The summed E-state index contributed by atoms with van der Waals surface area (Å²) >= 11 is 0. The first-order valence-electron chi connectivity index (χ1n) is 7.67. The molecule has 1 aromatic carbocycles. The van der Waals surface area contributed by atoms with Gasteiger partial charge in [0.05, 0.1) is 5.71 Å². The second kappa shape index (κ2) is 5.39. The van der Waals surface area contributed by atoms with Gasteiger partial charge in [0.1, 0.15) is 0 Å². The Bertz CT molecular complexity index is 517. The van der Waals surface area contributed by atoms with Crippen molar-refractivity contribution in [3.05, 3.63) is 35.9 Å². The Morgan fingerprint density at radius 2 is 2.10 bits per heavy atom. The molecule has 2 aliphatic rings. The van der Waals surface area contributed by atoms with Gasteiger partial charge in [-0.2, -0.15) is 5.10 Å². The minimum absolute atomic E-state index is 0.120. The van der Waals surface area contributed by atoms with Crippen LogP contribution in [0.25, 0.3) is 0 Å². The number of carbonyl (C=O) groups excluding carboxylic acids is 1. The largest absolute Gasteiger partial charge is 0.273 e. The van der Waals surface area contributed by atoms with E-state index in [1.807, 2.05) is 30.3 Å². The highest BCUT2D eigenvalue weighted by molar-refractivity contribution is 6.01. The van der Waals surface area contributed by atoms with Crippen molar-refractivity contribution in [3.63, 3.8) is 0 Å². The number of carbonyl (C=O) groups is 1. The second-order valence-corrected chi connectivity index (χ2v) is 6.12. The van der Waals surface area contributed by atoms with E-state index >= 15 is 0 Å². The van der Waals surface area contributed by atoms with Gasteiger partial charge in [-0.1, -0.05) is 50.1 Å². The summed E-state index contributed by atoms with van der Waals surface area (Å²) in [4.78, 5) is 12.1. The van der Waals surface area contributed by atoms with Gasteiger partial charge in [-0.05, 0) is 36.7 Å². The molecular formula is C17H22N2O. The van der Waals surface area contributed by atoms with Crippen LogP contribution in [0, 0.1) is 11.3 Å². The van der Waals surface area contributed by atoms with Crippen LogP contribution in [0.1, 0.15) is 51.0 Å². The summed E-state index contributed by atoms with van der Waals surface area (Å²) in [6.45, 7) is 2.13. The van der Waals surface area contributed by atoms with Crippen molar-refractivity contribution in [2.75, 3.05) is 0 Å². The van der Waals surface area contributed by atoms with Gasteiger partial charge in [0.25, 0.3) is 0 Å². The van der Waals surface area contributed by atoms with Gasteiger partial charge >= 0.3 is 0 Å². The highest BCUT2D eigenvalue weighted by Gasteiger charge is 2.60. The third-order valence-electron chi connectivity index (χ3n) is 4.75. The Morgan fingerprint density at radius 1 is 1.35 bits per heavy atom. The molecule has 0 aromatic heterocycles. The average molecular weight is 270 g/mol. The van der Waals surface area contributed by atoms with Gasteiger partial charge in [-0.25, -0.2) is 5.43 Å². The molecule has 3 heteroatoms. The number of benzene rings is 1. The minimum Gasteiger partial charge on any atom is -0.273 e. The number of amides is 1. The maximum Gasteiger partial charge on any atom is 0.243 e. The monoisotopic (exact) mass is 270 g/mol. The van der Waals surface area contributed by atoms with Crippen molar-refractivity contribution in [2.24, 2.45) is 16.4 Å². The van der Waals surface area contributed by atoms with E-state index in [1.54, 1.807) is 0 Å². The number of rotatable bonds is 5. The van der Waals surface area contributed by atoms with E-state index in [4.69, 9.17) is 0 Å². The molecule has 2 saturated carbocycles. The van der Waals surface area contributed by atoms with Crippen LogP contribution >= 0.6 is 0 Å². The van der Waals surface area contributed by atoms with Crippen molar-refractivity contribution in [1.82, 2.24) is 5.43 Å². The summed E-state index contributed by atoms with van der Waals surface area (Å²) in [7, 11) is 0. The van der Waals surface area contributed by atoms with Crippen LogP contribution in [-0.4, -0.2) is 11.6 Å². The Kier molecular flexibility index (Phi) is 3.60. The van der Waals surface area contributed by atoms with E-state index in [9.17, 15) is 4.79 Å². The zero-order valence-electron chi connectivity index (χ0n) is 12.1. The lowest BCUT2D eigenvalue weighted by atomic mass is 9.80. The lowest BCUT2D eigenvalue weighted by Crippen LogP contribution is -2.27. The van der Waals surface area contributed by atoms with E-state index in [0.717, 1.165) is 30.5 Å². The number of nitrogens with zero attached hydrogens (tertiary/aromatic N) is 1. The highest BCUT2D eigenvalue weighted by Crippen LogP contribution is 2.65. The van der Waals surface area contributed by atoms with Crippen LogP contribution in [0.5, 0.6) is 0 Å². The fourth-order valence-corrected chi connectivity index (χ4v) is 3.23. The molecule has 0 saturated heterocycles. The van der Waals surface area contributed by atoms with E-state index in [0.29, 0.717) is 5.41 Å². The van der Waals surface area contributed by atoms with Gasteiger partial charge in [0.2, 0.25) is 5.91 Å². The Labute approximate surface area is 120 Å². The summed E-state index contributed by atoms with van der Waals surface area (Å²) in [6, 6.07) is 10.1. The smallest absolute Gasteiger partial charge is 0.243 e. The molecule has 3 rings (SSSR count). The van der Waals surface area contributed by atoms with Crippen molar-refractivity contribution in [2.45, 2.75) is 45.4 Å². The van der Waals surface area contributed by atoms with Crippen molar-refractivity contribution < 1.29 is 4.79 Å². The molecular weight excluding hydrogens is 248 g/mol. The van der Waals surface area contributed by atoms with Gasteiger partial charge in [-0.15, -0.1) is 0 Å². The molecule has 0 bridgehead atoms. The molecule has 20 heavy (non-hydrogen) atoms. The minimum atomic E-state index is 0.120. The topological polar surface area (TPSA) is 41.5 Å². The van der Waals surface area contributed by atoms with Crippen LogP contribution in [0.3, 0.4) is 0 Å². The summed E-state index contributed by atoms with van der Waals surface area (Å²) in [5, 5.41) is 4.39. The first-order valence-corrected chi connectivity index (χ1v) is 7.67. The summed E-state index contributed by atoms with van der Waals surface area (Å²) in [5.74, 6) is 0.341. The van der Waals surface area contributed by atoms with Crippen molar-refractivity contribution in [1.29, 1.82) is 0 Å². The molecule has 0 aliphatic heterocycles. The maximum absolute atomic E-state index is 12.1. The number of hydrogen-bond acceptors (Lipinski definition) is 2. The van der Waals surface area contributed by atoms with Crippen molar-refractivity contribution in [3.8, 4) is 0 Å². The SMILES string of the molecule is CCC/C(=N/NC(=O)C1CC12CCC2)c1ccccc1. The van der Waals surface area contributed by atoms with E-state index in [1.165, 1.54) is 19.3 Å². The summed E-state index contributed by atoms with van der Waals surface area (Å²) in [5.41, 5.74) is 5.25. The molecule has 1 amide bonds. The molecule has 2 aliphatic carbocycles. The van der Waals surface area contributed by atoms with Crippen LogP contribution in [0.2, 0.25) is 0 Å². The zero-order chi connectivity index (χ0) is 14.0. The summed E-state index contributed by atoms with van der Waals surface area (Å²) < 4.78 is 0. The molecule has 106 valence electrons. The van der Waals surface area contributed by atoms with Gasteiger partial charge in [0, 0.05) is 5.92 Å². The molecule has 1 unspecified atom stereocenters. The van der Waals surface area contributed by atoms with E-state index in [-0.39, 0.29) is 11.8 Å². The molecule has 1 spiro atoms. The predicted octanol–water partition coefficient (Wildman–Crippen LogP) is 3.50. The standard InChI is InChI=1S/C17H22N2O/c1-2-7-15(13-8-4-3-5-9-13)18-19-16(20)14-12-17(14)10-6-11-17/h3-5,8-9,14H,2,6-7,10-12H2,1H3,(H,19,20)/b18-15-. The van der Waals surface area contributed by atoms with Gasteiger partial charge in [0.15, 0.2) is 0 Å². The Balaban J connectivity index is 1.64. The fraction of sp³-hybridized carbons (Fsp3) is 0.529. The Hall–Kier alpha value is -1.64. The predicted molar refractivity (Wildman–Crippen MR) is 80.4 cm³/mol. The fourth-order valence-electron chi connectivity index (χ4n) is 3.23. The molecule has 1 aromatic rings. The van der Waals surface area contributed by atoms with Crippen LogP contribution in [-0.2, 0) is 4.79 Å².